The highest BCUT2D eigenvalue weighted by Gasteiger charge is 2.20. The number of rotatable bonds is 6. The summed E-state index contributed by atoms with van der Waals surface area (Å²) in [7, 11) is 0. The van der Waals surface area contributed by atoms with E-state index in [1.165, 1.54) is 22.2 Å². The molecule has 1 atom stereocenters. The predicted octanol–water partition coefficient (Wildman–Crippen LogP) is 1.23. The summed E-state index contributed by atoms with van der Waals surface area (Å²) in [6.07, 6.45) is -0.372. The lowest BCUT2D eigenvalue weighted by Crippen LogP contribution is -2.49. The van der Waals surface area contributed by atoms with Crippen LogP contribution in [-0.2, 0) is 6.54 Å². The first-order chi connectivity index (χ1) is 11.6. The Morgan fingerprint density at radius 2 is 1.67 bits per heavy atom. The predicted molar refractivity (Wildman–Crippen MR) is 97.4 cm³/mol. The molecule has 0 radical (unpaired) electrons. The second-order valence-corrected chi connectivity index (χ2v) is 6.86. The van der Waals surface area contributed by atoms with Crippen molar-refractivity contribution in [3.05, 3.63) is 35.5 Å². The van der Waals surface area contributed by atoms with Crippen molar-refractivity contribution < 1.29 is 10.2 Å². The zero-order chi connectivity index (χ0) is 17.1. The molecule has 1 aliphatic rings. The molecule has 1 aliphatic heterocycles. The molecule has 1 fully saturated rings. The van der Waals surface area contributed by atoms with Crippen LogP contribution < -0.4 is 0 Å². The molecule has 132 valence electrons. The maximum Gasteiger partial charge on any atom is 0.0845 e. The van der Waals surface area contributed by atoms with Gasteiger partial charge in [-0.05, 0) is 25.5 Å². The van der Waals surface area contributed by atoms with E-state index in [-0.39, 0.29) is 12.7 Å². The van der Waals surface area contributed by atoms with E-state index in [9.17, 15) is 5.11 Å². The summed E-state index contributed by atoms with van der Waals surface area (Å²) in [5.74, 6) is 0. The first kappa shape index (κ1) is 17.4. The molecule has 0 amide bonds. The fourth-order valence-electron chi connectivity index (χ4n) is 3.74. The van der Waals surface area contributed by atoms with Gasteiger partial charge in [-0.2, -0.15) is 0 Å². The zero-order valence-electron chi connectivity index (χ0n) is 14.8. The summed E-state index contributed by atoms with van der Waals surface area (Å²) in [4.78, 5) is 4.60. The van der Waals surface area contributed by atoms with Crippen LogP contribution in [0.25, 0.3) is 10.9 Å². The largest absolute Gasteiger partial charge is 0.395 e. The van der Waals surface area contributed by atoms with E-state index >= 15 is 0 Å². The molecule has 1 saturated heterocycles. The highest BCUT2D eigenvalue weighted by atomic mass is 16.3. The van der Waals surface area contributed by atoms with Crippen molar-refractivity contribution in [1.82, 2.24) is 14.4 Å². The van der Waals surface area contributed by atoms with Gasteiger partial charge in [-0.3, -0.25) is 9.80 Å². The number of hydrogen-bond donors (Lipinski definition) is 2. The Morgan fingerprint density at radius 1 is 1.00 bits per heavy atom. The number of aliphatic hydroxyl groups is 2. The molecule has 1 aromatic carbocycles. The van der Waals surface area contributed by atoms with Crippen LogP contribution in [0.15, 0.2) is 24.3 Å². The van der Waals surface area contributed by atoms with Crippen molar-refractivity contribution in [1.29, 1.82) is 0 Å². The van der Waals surface area contributed by atoms with Gasteiger partial charge >= 0.3 is 0 Å². The summed E-state index contributed by atoms with van der Waals surface area (Å²) in [6, 6.07) is 8.42. The van der Waals surface area contributed by atoms with Gasteiger partial charge in [-0.15, -0.1) is 0 Å². The first-order valence-electron chi connectivity index (χ1n) is 8.88. The second-order valence-electron chi connectivity index (χ2n) is 6.86. The molecule has 0 bridgehead atoms. The van der Waals surface area contributed by atoms with Gasteiger partial charge in [0.05, 0.1) is 19.3 Å². The fraction of sp³-hybridized carbons (Fsp3) is 0.579. The molecular formula is C19H29N3O2. The Morgan fingerprint density at radius 3 is 2.38 bits per heavy atom. The number of aryl methyl sites for hydroxylation is 1. The van der Waals surface area contributed by atoms with Gasteiger partial charge in [0.2, 0.25) is 0 Å². The topological polar surface area (TPSA) is 51.9 Å². The van der Waals surface area contributed by atoms with E-state index in [0.717, 1.165) is 32.7 Å². The SMILES string of the molecule is Cc1c(C)n(CC(O)CN2CCN(CCO)CC2)c2ccccc12. The minimum atomic E-state index is -0.372. The number of para-hydroxylation sites is 1. The standard InChI is InChI=1S/C19H29N3O2/c1-15-16(2)22(19-6-4-3-5-18(15)19)14-17(24)13-21-9-7-20(8-10-21)11-12-23/h3-6,17,23-24H,7-14H2,1-2H3. The number of piperazine rings is 1. The number of aliphatic hydroxyl groups excluding tert-OH is 2. The summed E-state index contributed by atoms with van der Waals surface area (Å²) < 4.78 is 2.25. The average Bonchev–Trinajstić information content (AvgIpc) is 2.82. The highest BCUT2D eigenvalue weighted by Crippen LogP contribution is 2.25. The minimum Gasteiger partial charge on any atom is -0.395 e. The van der Waals surface area contributed by atoms with Crippen LogP contribution >= 0.6 is 0 Å². The van der Waals surface area contributed by atoms with E-state index in [1.807, 2.05) is 0 Å². The molecular weight excluding hydrogens is 302 g/mol. The third kappa shape index (κ3) is 3.64. The maximum atomic E-state index is 10.6. The smallest absolute Gasteiger partial charge is 0.0845 e. The van der Waals surface area contributed by atoms with E-state index in [0.29, 0.717) is 13.1 Å². The third-order valence-electron chi connectivity index (χ3n) is 5.29. The summed E-state index contributed by atoms with van der Waals surface area (Å²) in [5, 5.41) is 20.9. The Balaban J connectivity index is 1.62. The first-order valence-corrected chi connectivity index (χ1v) is 8.88. The van der Waals surface area contributed by atoms with E-state index < -0.39 is 0 Å². The fourth-order valence-corrected chi connectivity index (χ4v) is 3.74. The number of β-amino-alcohol motifs (C(OH)–C–C–N with tert-alkyl or cyclic N) is 2. The number of nitrogens with zero attached hydrogens (tertiary/aromatic N) is 3. The molecule has 2 N–H and O–H groups in total. The maximum absolute atomic E-state index is 10.6. The molecule has 24 heavy (non-hydrogen) atoms. The van der Waals surface area contributed by atoms with Gasteiger partial charge in [-0.1, -0.05) is 18.2 Å². The lowest BCUT2D eigenvalue weighted by molar-refractivity contribution is 0.0594. The third-order valence-corrected chi connectivity index (χ3v) is 5.29. The van der Waals surface area contributed by atoms with Crippen LogP contribution in [-0.4, -0.2) is 76.6 Å². The molecule has 1 unspecified atom stereocenters. The van der Waals surface area contributed by atoms with E-state index in [2.05, 4.69) is 52.5 Å². The van der Waals surface area contributed by atoms with Crippen LogP contribution in [0, 0.1) is 13.8 Å². The molecule has 5 nitrogen and oxygen atoms in total. The Kier molecular flexibility index (Phi) is 5.56. The van der Waals surface area contributed by atoms with Crippen LogP contribution in [0.3, 0.4) is 0 Å². The van der Waals surface area contributed by atoms with Gasteiger partial charge in [0.25, 0.3) is 0 Å². The molecule has 0 spiro atoms. The van der Waals surface area contributed by atoms with Crippen molar-refractivity contribution in [2.75, 3.05) is 45.9 Å². The van der Waals surface area contributed by atoms with Gasteiger partial charge in [0.1, 0.15) is 0 Å². The van der Waals surface area contributed by atoms with Gasteiger partial charge in [0.15, 0.2) is 0 Å². The second kappa shape index (κ2) is 7.66. The zero-order valence-corrected chi connectivity index (χ0v) is 14.8. The van der Waals surface area contributed by atoms with Gasteiger partial charge in [0, 0.05) is 55.9 Å². The lowest BCUT2D eigenvalue weighted by atomic mass is 10.2. The summed E-state index contributed by atoms with van der Waals surface area (Å²) >= 11 is 0. The normalized spacial score (nSPS) is 18.3. The van der Waals surface area contributed by atoms with Crippen LogP contribution in [0.2, 0.25) is 0 Å². The number of hydrogen-bond acceptors (Lipinski definition) is 4. The number of fused-ring (bicyclic) bond motifs is 1. The quantitative estimate of drug-likeness (QED) is 0.836. The lowest BCUT2D eigenvalue weighted by Gasteiger charge is -2.35. The molecule has 0 aliphatic carbocycles. The van der Waals surface area contributed by atoms with E-state index in [1.54, 1.807) is 0 Å². The molecule has 3 rings (SSSR count). The molecule has 2 aromatic rings. The summed E-state index contributed by atoms with van der Waals surface area (Å²) in [5.41, 5.74) is 3.75. The Labute approximate surface area is 144 Å². The Bertz CT molecular complexity index is 675. The summed E-state index contributed by atoms with van der Waals surface area (Å²) in [6.45, 7) is 10.5. The monoisotopic (exact) mass is 331 g/mol. The average molecular weight is 331 g/mol. The number of benzene rings is 1. The molecule has 5 heteroatoms. The van der Waals surface area contributed by atoms with Crippen molar-refractivity contribution in [3.63, 3.8) is 0 Å². The molecule has 1 aromatic heterocycles. The molecule has 2 heterocycles. The van der Waals surface area contributed by atoms with Crippen molar-refractivity contribution >= 4 is 10.9 Å². The van der Waals surface area contributed by atoms with Crippen LogP contribution in [0.4, 0.5) is 0 Å². The van der Waals surface area contributed by atoms with Crippen molar-refractivity contribution in [2.24, 2.45) is 0 Å². The number of aromatic nitrogens is 1. The van der Waals surface area contributed by atoms with Crippen molar-refractivity contribution in [2.45, 2.75) is 26.5 Å². The van der Waals surface area contributed by atoms with Crippen molar-refractivity contribution in [3.8, 4) is 0 Å². The van der Waals surface area contributed by atoms with E-state index in [4.69, 9.17) is 5.11 Å². The minimum absolute atomic E-state index is 0.224. The Hall–Kier alpha value is -1.40. The van der Waals surface area contributed by atoms with Gasteiger partial charge in [-0.25, -0.2) is 0 Å². The molecule has 0 saturated carbocycles. The van der Waals surface area contributed by atoms with Gasteiger partial charge < -0.3 is 14.8 Å². The van der Waals surface area contributed by atoms with Crippen LogP contribution in [0.5, 0.6) is 0 Å². The van der Waals surface area contributed by atoms with Crippen LogP contribution in [0.1, 0.15) is 11.3 Å². The highest BCUT2D eigenvalue weighted by molar-refractivity contribution is 5.85.